The summed E-state index contributed by atoms with van der Waals surface area (Å²) in [6, 6.07) is 0. The third-order valence-corrected chi connectivity index (χ3v) is 3.03. The second-order valence-electron chi connectivity index (χ2n) is 4.49. The van der Waals surface area contributed by atoms with Crippen LogP contribution in [0.2, 0.25) is 0 Å². The molecule has 0 aromatic heterocycles. The fraction of sp³-hybridized carbons (Fsp3) is 0.900. The molecule has 1 amide bonds. The Bertz CT molecular complexity index is 221. The zero-order valence-corrected chi connectivity index (χ0v) is 9.70. The van der Waals surface area contributed by atoms with Gasteiger partial charge in [0.2, 0.25) is 5.91 Å². The molecule has 1 aliphatic rings. The molecule has 5 nitrogen and oxygen atoms in total. The molecule has 0 aliphatic carbocycles. The minimum atomic E-state index is -0.908. The molecule has 0 spiro atoms. The van der Waals surface area contributed by atoms with E-state index in [9.17, 15) is 4.79 Å². The van der Waals surface area contributed by atoms with E-state index in [1.165, 1.54) is 0 Å². The minimum absolute atomic E-state index is 0.430. The van der Waals surface area contributed by atoms with E-state index in [1.54, 1.807) is 6.92 Å². The van der Waals surface area contributed by atoms with Gasteiger partial charge >= 0.3 is 0 Å². The van der Waals surface area contributed by atoms with E-state index in [0.29, 0.717) is 6.54 Å². The van der Waals surface area contributed by atoms with E-state index >= 15 is 0 Å². The van der Waals surface area contributed by atoms with E-state index in [1.807, 2.05) is 0 Å². The molecule has 0 bridgehead atoms. The van der Waals surface area contributed by atoms with Crippen molar-refractivity contribution in [3.05, 3.63) is 0 Å². The van der Waals surface area contributed by atoms with Gasteiger partial charge in [-0.3, -0.25) is 9.69 Å². The minimum Gasteiger partial charge on any atom is -0.368 e. The lowest BCUT2D eigenvalue weighted by Crippen LogP contribution is -2.59. The van der Waals surface area contributed by atoms with Crippen LogP contribution in [0, 0.1) is 0 Å². The van der Waals surface area contributed by atoms with Gasteiger partial charge in [0.25, 0.3) is 0 Å². The molecule has 1 heterocycles. The largest absolute Gasteiger partial charge is 0.368 e. The Hall–Kier alpha value is -0.650. The van der Waals surface area contributed by atoms with Gasteiger partial charge in [-0.25, -0.2) is 0 Å². The molecular formula is C10H22N4O. The molecule has 1 atom stereocenters. The highest BCUT2D eigenvalue weighted by atomic mass is 16.1. The van der Waals surface area contributed by atoms with Crippen LogP contribution in [0.4, 0.5) is 0 Å². The molecular weight excluding hydrogens is 192 g/mol. The number of primary amides is 1. The lowest BCUT2D eigenvalue weighted by molar-refractivity contribution is -0.123. The number of hydrogen-bond acceptors (Lipinski definition) is 4. The van der Waals surface area contributed by atoms with Crippen LogP contribution in [0.15, 0.2) is 0 Å². The topological polar surface area (TPSA) is 75.6 Å². The van der Waals surface area contributed by atoms with Crippen LogP contribution < -0.4 is 11.5 Å². The van der Waals surface area contributed by atoms with Crippen LogP contribution in [0.5, 0.6) is 0 Å². The summed E-state index contributed by atoms with van der Waals surface area (Å²) in [6.07, 6.45) is 0. The summed E-state index contributed by atoms with van der Waals surface area (Å²) < 4.78 is 0. The van der Waals surface area contributed by atoms with Crippen molar-refractivity contribution in [2.75, 3.05) is 39.3 Å². The predicted octanol–water partition coefficient (Wildman–Crippen LogP) is -1.17. The molecule has 1 aliphatic heterocycles. The summed E-state index contributed by atoms with van der Waals surface area (Å²) in [5.74, 6) is -0.430. The van der Waals surface area contributed by atoms with E-state index in [0.717, 1.165) is 32.7 Å². The maximum Gasteiger partial charge on any atom is 0.238 e. The Kier molecular flexibility index (Phi) is 4.07. The fourth-order valence-corrected chi connectivity index (χ4v) is 1.81. The zero-order chi connectivity index (χ0) is 11.5. The van der Waals surface area contributed by atoms with Gasteiger partial charge in [-0.2, -0.15) is 0 Å². The first-order valence-corrected chi connectivity index (χ1v) is 5.49. The van der Waals surface area contributed by atoms with Gasteiger partial charge < -0.3 is 16.4 Å². The molecule has 0 radical (unpaired) electrons. The van der Waals surface area contributed by atoms with Gasteiger partial charge in [-0.05, 0) is 13.5 Å². The zero-order valence-electron chi connectivity index (χ0n) is 9.70. The standard InChI is InChI=1S/C10H22N4O/c1-3-13-4-6-14(7-5-13)8-10(2,12)9(11)15/h3-8,12H2,1-2H3,(H2,11,15). The Morgan fingerprint density at radius 3 is 2.13 bits per heavy atom. The molecule has 88 valence electrons. The lowest BCUT2D eigenvalue weighted by atomic mass is 10.0. The van der Waals surface area contributed by atoms with Crippen molar-refractivity contribution in [1.82, 2.24) is 9.80 Å². The third kappa shape index (κ3) is 3.44. The number of carbonyl (C=O) groups is 1. The summed E-state index contributed by atoms with van der Waals surface area (Å²) in [5.41, 5.74) is 10.2. The molecule has 1 rings (SSSR count). The van der Waals surface area contributed by atoms with Crippen molar-refractivity contribution in [2.24, 2.45) is 11.5 Å². The smallest absolute Gasteiger partial charge is 0.238 e. The lowest BCUT2D eigenvalue weighted by Gasteiger charge is -2.37. The molecule has 0 aromatic carbocycles. The fourth-order valence-electron chi connectivity index (χ4n) is 1.81. The maximum absolute atomic E-state index is 11.1. The highest BCUT2D eigenvalue weighted by Crippen LogP contribution is 2.06. The highest BCUT2D eigenvalue weighted by Gasteiger charge is 2.29. The number of nitrogens with two attached hydrogens (primary N) is 2. The van der Waals surface area contributed by atoms with E-state index in [-0.39, 0.29) is 0 Å². The summed E-state index contributed by atoms with van der Waals surface area (Å²) in [5, 5.41) is 0. The summed E-state index contributed by atoms with van der Waals surface area (Å²) >= 11 is 0. The number of hydrogen-bond donors (Lipinski definition) is 2. The van der Waals surface area contributed by atoms with E-state index in [2.05, 4.69) is 16.7 Å². The van der Waals surface area contributed by atoms with Crippen LogP contribution in [0.25, 0.3) is 0 Å². The van der Waals surface area contributed by atoms with Gasteiger partial charge in [0.1, 0.15) is 5.54 Å². The van der Waals surface area contributed by atoms with Crippen molar-refractivity contribution >= 4 is 5.91 Å². The van der Waals surface area contributed by atoms with Crippen LogP contribution in [-0.2, 0) is 4.79 Å². The first-order valence-electron chi connectivity index (χ1n) is 5.49. The number of rotatable bonds is 4. The summed E-state index contributed by atoms with van der Waals surface area (Å²) in [7, 11) is 0. The summed E-state index contributed by atoms with van der Waals surface area (Å²) in [4.78, 5) is 15.7. The van der Waals surface area contributed by atoms with Gasteiger partial charge in [0.05, 0.1) is 0 Å². The predicted molar refractivity (Wildman–Crippen MR) is 60.3 cm³/mol. The van der Waals surface area contributed by atoms with Crippen molar-refractivity contribution in [2.45, 2.75) is 19.4 Å². The molecule has 1 fully saturated rings. The molecule has 0 saturated carbocycles. The normalized spacial score (nSPS) is 23.7. The van der Waals surface area contributed by atoms with Crippen LogP contribution in [0.3, 0.4) is 0 Å². The SMILES string of the molecule is CCN1CCN(CC(C)(N)C(N)=O)CC1. The van der Waals surface area contributed by atoms with Crippen molar-refractivity contribution in [1.29, 1.82) is 0 Å². The maximum atomic E-state index is 11.1. The molecule has 1 unspecified atom stereocenters. The molecule has 0 aromatic rings. The number of nitrogens with zero attached hydrogens (tertiary/aromatic N) is 2. The van der Waals surface area contributed by atoms with Gasteiger partial charge in [0, 0.05) is 32.7 Å². The van der Waals surface area contributed by atoms with Gasteiger partial charge in [-0.1, -0.05) is 6.92 Å². The number of likely N-dealkylation sites (N-methyl/N-ethyl adjacent to an activating group) is 1. The van der Waals surface area contributed by atoms with Crippen molar-refractivity contribution in [3.63, 3.8) is 0 Å². The van der Waals surface area contributed by atoms with Crippen molar-refractivity contribution < 1.29 is 4.79 Å². The van der Waals surface area contributed by atoms with Crippen molar-refractivity contribution in [3.8, 4) is 0 Å². The molecule has 4 N–H and O–H groups in total. The number of carbonyl (C=O) groups excluding carboxylic acids is 1. The average molecular weight is 214 g/mol. The Labute approximate surface area is 91.4 Å². The summed E-state index contributed by atoms with van der Waals surface area (Å²) in [6.45, 7) is 9.52. The van der Waals surface area contributed by atoms with Gasteiger partial charge in [-0.15, -0.1) is 0 Å². The average Bonchev–Trinajstić information content (AvgIpc) is 2.18. The highest BCUT2D eigenvalue weighted by molar-refractivity contribution is 5.84. The second kappa shape index (κ2) is 4.92. The Balaban J connectivity index is 2.38. The molecule has 1 saturated heterocycles. The van der Waals surface area contributed by atoms with Crippen LogP contribution >= 0.6 is 0 Å². The van der Waals surface area contributed by atoms with Crippen LogP contribution in [0.1, 0.15) is 13.8 Å². The second-order valence-corrected chi connectivity index (χ2v) is 4.49. The first-order chi connectivity index (χ1) is 6.95. The molecule has 15 heavy (non-hydrogen) atoms. The Morgan fingerprint density at radius 2 is 1.73 bits per heavy atom. The third-order valence-electron chi connectivity index (χ3n) is 3.03. The monoisotopic (exact) mass is 214 g/mol. The quantitative estimate of drug-likeness (QED) is 0.618. The first kappa shape index (κ1) is 12.4. The number of amides is 1. The van der Waals surface area contributed by atoms with Crippen LogP contribution in [-0.4, -0.2) is 60.5 Å². The van der Waals surface area contributed by atoms with E-state index < -0.39 is 11.4 Å². The Morgan fingerprint density at radius 1 is 1.27 bits per heavy atom. The van der Waals surface area contributed by atoms with E-state index in [4.69, 9.17) is 11.5 Å². The molecule has 5 heteroatoms. The van der Waals surface area contributed by atoms with Gasteiger partial charge in [0.15, 0.2) is 0 Å². The number of piperazine rings is 1.